The lowest BCUT2D eigenvalue weighted by atomic mass is 10.1. The van der Waals surface area contributed by atoms with E-state index in [0.29, 0.717) is 0 Å². The first-order chi connectivity index (χ1) is 5.54. The molecule has 0 fully saturated rings. The standard InChI is InChI=1S/C8H13F3O/c1-2-5-8(10,11)7(12)4-3-6-9/h2-6H2,1H3. The largest absolute Gasteiger partial charge is 0.305 e. The second kappa shape index (κ2) is 5.17. The zero-order valence-electron chi connectivity index (χ0n) is 7.08. The van der Waals surface area contributed by atoms with E-state index in [4.69, 9.17) is 0 Å². The normalized spacial score (nSPS) is 11.7. The van der Waals surface area contributed by atoms with Crippen LogP contribution in [-0.4, -0.2) is 18.4 Å². The Kier molecular flexibility index (Phi) is 4.93. The molecule has 0 bridgehead atoms. The Balaban J connectivity index is 3.88. The first-order valence-electron chi connectivity index (χ1n) is 4.01. The van der Waals surface area contributed by atoms with Gasteiger partial charge in [0.15, 0.2) is 0 Å². The van der Waals surface area contributed by atoms with E-state index in [0.717, 1.165) is 0 Å². The number of hydrogen-bond donors (Lipinski definition) is 0. The zero-order chi connectivity index (χ0) is 9.61. The molecule has 12 heavy (non-hydrogen) atoms. The summed E-state index contributed by atoms with van der Waals surface area (Å²) in [5, 5.41) is 0. The molecule has 0 aliphatic rings. The van der Waals surface area contributed by atoms with Crippen molar-refractivity contribution in [3.8, 4) is 0 Å². The molecule has 72 valence electrons. The molecule has 0 aromatic rings. The lowest BCUT2D eigenvalue weighted by molar-refractivity contribution is -0.144. The van der Waals surface area contributed by atoms with Crippen molar-refractivity contribution >= 4 is 5.78 Å². The van der Waals surface area contributed by atoms with Crippen LogP contribution in [-0.2, 0) is 4.79 Å². The van der Waals surface area contributed by atoms with Gasteiger partial charge in [-0.25, -0.2) is 0 Å². The van der Waals surface area contributed by atoms with Crippen LogP contribution in [0.1, 0.15) is 32.6 Å². The molecule has 0 radical (unpaired) electrons. The molecule has 0 aliphatic heterocycles. The number of ketones is 1. The third kappa shape index (κ3) is 3.74. The van der Waals surface area contributed by atoms with Gasteiger partial charge in [0.25, 0.3) is 0 Å². The number of alkyl halides is 3. The summed E-state index contributed by atoms with van der Waals surface area (Å²) >= 11 is 0. The molecule has 0 spiro atoms. The summed E-state index contributed by atoms with van der Waals surface area (Å²) in [4.78, 5) is 10.7. The van der Waals surface area contributed by atoms with Crippen LogP contribution in [0.2, 0.25) is 0 Å². The molecular formula is C8H13F3O. The van der Waals surface area contributed by atoms with Gasteiger partial charge in [0.2, 0.25) is 5.78 Å². The van der Waals surface area contributed by atoms with Gasteiger partial charge < -0.3 is 0 Å². The minimum atomic E-state index is -3.25. The van der Waals surface area contributed by atoms with Crippen molar-refractivity contribution in [2.24, 2.45) is 0 Å². The third-order valence-corrected chi connectivity index (χ3v) is 1.51. The number of carbonyl (C=O) groups excluding carboxylic acids is 1. The van der Waals surface area contributed by atoms with Crippen LogP contribution in [0.4, 0.5) is 13.2 Å². The molecule has 0 saturated heterocycles. The summed E-state index contributed by atoms with van der Waals surface area (Å²) < 4.78 is 36.9. The highest BCUT2D eigenvalue weighted by Crippen LogP contribution is 2.23. The fraction of sp³-hybridized carbons (Fsp3) is 0.875. The average molecular weight is 182 g/mol. The van der Waals surface area contributed by atoms with Crippen molar-refractivity contribution in [3.63, 3.8) is 0 Å². The quantitative estimate of drug-likeness (QED) is 0.617. The summed E-state index contributed by atoms with van der Waals surface area (Å²) in [6, 6.07) is 0. The van der Waals surface area contributed by atoms with Gasteiger partial charge in [0, 0.05) is 12.8 Å². The first kappa shape index (κ1) is 11.5. The van der Waals surface area contributed by atoms with E-state index in [2.05, 4.69) is 0 Å². The highest BCUT2D eigenvalue weighted by Gasteiger charge is 2.35. The summed E-state index contributed by atoms with van der Waals surface area (Å²) in [7, 11) is 0. The van der Waals surface area contributed by atoms with Crippen LogP contribution < -0.4 is 0 Å². The van der Waals surface area contributed by atoms with E-state index < -0.39 is 24.8 Å². The number of halogens is 3. The third-order valence-electron chi connectivity index (χ3n) is 1.51. The molecule has 0 aromatic carbocycles. The molecule has 0 aromatic heterocycles. The predicted molar refractivity (Wildman–Crippen MR) is 40.1 cm³/mol. The Morgan fingerprint density at radius 3 is 2.42 bits per heavy atom. The van der Waals surface area contributed by atoms with E-state index >= 15 is 0 Å². The van der Waals surface area contributed by atoms with Crippen molar-refractivity contribution < 1.29 is 18.0 Å². The van der Waals surface area contributed by atoms with Gasteiger partial charge in [-0.3, -0.25) is 9.18 Å². The summed E-state index contributed by atoms with van der Waals surface area (Å²) in [5.41, 5.74) is 0. The van der Waals surface area contributed by atoms with E-state index in [1.165, 1.54) is 0 Å². The Morgan fingerprint density at radius 1 is 1.42 bits per heavy atom. The maximum atomic E-state index is 12.7. The van der Waals surface area contributed by atoms with E-state index in [9.17, 15) is 18.0 Å². The van der Waals surface area contributed by atoms with Gasteiger partial charge in [-0.2, -0.15) is 8.78 Å². The molecule has 0 atom stereocenters. The fourth-order valence-corrected chi connectivity index (χ4v) is 0.864. The maximum absolute atomic E-state index is 12.7. The minimum absolute atomic E-state index is 0.0991. The second-order valence-electron chi connectivity index (χ2n) is 2.67. The molecule has 0 saturated carbocycles. The average Bonchev–Trinajstić information content (AvgIpc) is 2.00. The van der Waals surface area contributed by atoms with E-state index in [-0.39, 0.29) is 19.3 Å². The van der Waals surface area contributed by atoms with Gasteiger partial charge in [-0.05, 0) is 12.8 Å². The van der Waals surface area contributed by atoms with Crippen molar-refractivity contribution in [3.05, 3.63) is 0 Å². The highest BCUT2D eigenvalue weighted by atomic mass is 19.3. The minimum Gasteiger partial charge on any atom is -0.293 e. The molecule has 0 aliphatic carbocycles. The van der Waals surface area contributed by atoms with Gasteiger partial charge in [-0.1, -0.05) is 6.92 Å². The lowest BCUT2D eigenvalue weighted by Crippen LogP contribution is -2.28. The fourth-order valence-electron chi connectivity index (χ4n) is 0.864. The molecule has 0 heterocycles. The molecular weight excluding hydrogens is 169 g/mol. The Hall–Kier alpha value is -0.540. The predicted octanol–water partition coefficient (Wildman–Crippen LogP) is 2.74. The molecule has 0 N–H and O–H groups in total. The van der Waals surface area contributed by atoms with Crippen LogP contribution in [0.5, 0.6) is 0 Å². The molecule has 0 rings (SSSR count). The summed E-state index contributed by atoms with van der Waals surface area (Å²) in [6.07, 6.45) is -0.631. The van der Waals surface area contributed by atoms with Crippen molar-refractivity contribution in [2.75, 3.05) is 6.67 Å². The number of Topliss-reactive ketones (excluding diaryl/α,β-unsaturated/α-hetero) is 1. The SMILES string of the molecule is CCCC(F)(F)C(=O)CCCF. The second-order valence-corrected chi connectivity index (χ2v) is 2.67. The number of hydrogen-bond acceptors (Lipinski definition) is 1. The van der Waals surface area contributed by atoms with Gasteiger partial charge in [0.05, 0.1) is 6.67 Å². The first-order valence-corrected chi connectivity index (χ1v) is 4.01. The van der Waals surface area contributed by atoms with Crippen LogP contribution in [0.3, 0.4) is 0 Å². The highest BCUT2D eigenvalue weighted by molar-refractivity contribution is 5.85. The number of rotatable bonds is 6. The molecule has 0 unspecified atom stereocenters. The van der Waals surface area contributed by atoms with Crippen molar-refractivity contribution in [2.45, 2.75) is 38.5 Å². The summed E-state index contributed by atoms with van der Waals surface area (Å²) in [6.45, 7) is 0.865. The Morgan fingerprint density at radius 2 is 2.00 bits per heavy atom. The van der Waals surface area contributed by atoms with Crippen molar-refractivity contribution in [1.29, 1.82) is 0 Å². The van der Waals surface area contributed by atoms with Crippen molar-refractivity contribution in [1.82, 2.24) is 0 Å². The van der Waals surface area contributed by atoms with Crippen LogP contribution in [0.15, 0.2) is 0 Å². The topological polar surface area (TPSA) is 17.1 Å². The Bertz CT molecular complexity index is 145. The van der Waals surface area contributed by atoms with Crippen LogP contribution >= 0.6 is 0 Å². The van der Waals surface area contributed by atoms with Gasteiger partial charge >= 0.3 is 5.92 Å². The lowest BCUT2D eigenvalue weighted by Gasteiger charge is -2.12. The summed E-state index contributed by atoms with van der Waals surface area (Å²) in [5.74, 6) is -4.38. The molecule has 1 nitrogen and oxygen atoms in total. The smallest absolute Gasteiger partial charge is 0.293 e. The van der Waals surface area contributed by atoms with Crippen LogP contribution in [0.25, 0.3) is 0 Å². The molecule has 0 amide bonds. The molecule has 4 heteroatoms. The zero-order valence-corrected chi connectivity index (χ0v) is 7.08. The van der Waals surface area contributed by atoms with Gasteiger partial charge in [0.1, 0.15) is 0 Å². The maximum Gasteiger partial charge on any atom is 0.305 e. The van der Waals surface area contributed by atoms with Gasteiger partial charge in [-0.15, -0.1) is 0 Å². The Labute approximate surface area is 70.0 Å². The van der Waals surface area contributed by atoms with E-state index in [1.807, 2.05) is 0 Å². The van der Waals surface area contributed by atoms with Crippen LogP contribution in [0, 0.1) is 0 Å². The van der Waals surface area contributed by atoms with E-state index in [1.54, 1.807) is 6.92 Å². The number of carbonyl (C=O) groups is 1. The monoisotopic (exact) mass is 182 g/mol.